The van der Waals surface area contributed by atoms with Crippen molar-refractivity contribution in [2.45, 2.75) is 6.42 Å². The van der Waals surface area contributed by atoms with Crippen molar-refractivity contribution < 1.29 is 9.90 Å². The van der Waals surface area contributed by atoms with Gasteiger partial charge in [-0.1, -0.05) is 23.2 Å². The monoisotopic (exact) mass is 205 g/mol. The Morgan fingerprint density at radius 2 is 2.25 bits per heavy atom. The molecular formula is C7H5Cl2NO2. The van der Waals surface area contributed by atoms with Crippen LogP contribution in [-0.4, -0.2) is 16.1 Å². The van der Waals surface area contributed by atoms with Crippen LogP contribution in [0, 0.1) is 0 Å². The summed E-state index contributed by atoms with van der Waals surface area (Å²) in [7, 11) is 0. The average Bonchev–Trinajstić information content (AvgIpc) is 1.98. The van der Waals surface area contributed by atoms with Crippen molar-refractivity contribution in [3.8, 4) is 0 Å². The fourth-order valence-corrected chi connectivity index (χ4v) is 1.07. The lowest BCUT2D eigenvalue weighted by Gasteiger charge is -2.00. The number of aliphatic carboxylic acids is 1. The average molecular weight is 206 g/mol. The van der Waals surface area contributed by atoms with Crippen molar-refractivity contribution in [1.29, 1.82) is 0 Å². The highest BCUT2D eigenvalue weighted by Gasteiger charge is 2.08. The number of carboxylic acids is 1. The van der Waals surface area contributed by atoms with Gasteiger partial charge in [0.15, 0.2) is 0 Å². The summed E-state index contributed by atoms with van der Waals surface area (Å²) >= 11 is 11.3. The summed E-state index contributed by atoms with van der Waals surface area (Å²) < 4.78 is 0. The van der Waals surface area contributed by atoms with Crippen LogP contribution in [0.15, 0.2) is 12.3 Å². The van der Waals surface area contributed by atoms with E-state index in [1.54, 1.807) is 0 Å². The highest BCUT2D eigenvalue weighted by molar-refractivity contribution is 6.42. The molecule has 0 fully saturated rings. The van der Waals surface area contributed by atoms with Crippen LogP contribution in [0.2, 0.25) is 10.0 Å². The maximum absolute atomic E-state index is 10.3. The Hall–Kier alpha value is -0.800. The fourth-order valence-electron chi connectivity index (χ4n) is 0.727. The van der Waals surface area contributed by atoms with Gasteiger partial charge in [0.05, 0.1) is 22.2 Å². The number of carboxylic acid groups (broad SMARTS) is 1. The smallest absolute Gasteiger partial charge is 0.309 e. The zero-order valence-electron chi connectivity index (χ0n) is 5.92. The van der Waals surface area contributed by atoms with Gasteiger partial charge in [-0.15, -0.1) is 0 Å². The molecule has 1 heterocycles. The van der Waals surface area contributed by atoms with E-state index in [1.807, 2.05) is 0 Å². The molecule has 0 unspecified atom stereocenters. The Morgan fingerprint density at radius 1 is 1.58 bits per heavy atom. The minimum atomic E-state index is -0.980. The number of hydrogen-bond donors (Lipinski definition) is 1. The quantitative estimate of drug-likeness (QED) is 0.804. The lowest BCUT2D eigenvalue weighted by atomic mass is 10.3. The lowest BCUT2D eigenvalue weighted by molar-refractivity contribution is -0.136. The molecule has 0 aliphatic heterocycles. The predicted octanol–water partition coefficient (Wildman–Crippen LogP) is 2.02. The van der Waals surface area contributed by atoms with Crippen molar-refractivity contribution in [1.82, 2.24) is 4.98 Å². The molecule has 0 saturated heterocycles. The fraction of sp³-hybridized carbons (Fsp3) is 0.143. The van der Waals surface area contributed by atoms with Crippen LogP contribution >= 0.6 is 23.2 Å². The summed E-state index contributed by atoms with van der Waals surface area (Å²) in [5, 5.41) is 8.97. The maximum Gasteiger partial charge on any atom is 0.309 e. The summed E-state index contributed by atoms with van der Waals surface area (Å²) in [6, 6.07) is 1.51. The number of pyridine rings is 1. The molecule has 0 aromatic carbocycles. The van der Waals surface area contributed by atoms with Crippen molar-refractivity contribution in [2.24, 2.45) is 0 Å². The van der Waals surface area contributed by atoms with Gasteiger partial charge in [-0.3, -0.25) is 9.78 Å². The van der Waals surface area contributed by atoms with E-state index in [-0.39, 0.29) is 17.1 Å². The Bertz CT molecular complexity index is 314. The molecular weight excluding hydrogens is 201 g/mol. The normalized spacial score (nSPS) is 9.83. The molecule has 0 aliphatic rings. The van der Waals surface area contributed by atoms with Gasteiger partial charge in [0.1, 0.15) is 0 Å². The largest absolute Gasteiger partial charge is 0.481 e. The minimum absolute atomic E-state index is 0.209. The Kier molecular flexibility index (Phi) is 2.89. The number of carbonyl (C=O) groups is 1. The molecule has 0 radical (unpaired) electrons. The van der Waals surface area contributed by atoms with Crippen LogP contribution in [0.4, 0.5) is 0 Å². The number of nitrogens with zero attached hydrogens (tertiary/aromatic N) is 1. The first kappa shape index (κ1) is 9.29. The highest BCUT2D eigenvalue weighted by Crippen LogP contribution is 2.23. The second kappa shape index (κ2) is 3.74. The number of hydrogen-bond acceptors (Lipinski definition) is 2. The van der Waals surface area contributed by atoms with Crippen LogP contribution in [0.1, 0.15) is 5.69 Å². The molecule has 3 nitrogen and oxygen atoms in total. The summed E-state index contributed by atoms with van der Waals surface area (Å²) in [4.78, 5) is 14.1. The Labute approximate surface area is 78.9 Å². The van der Waals surface area contributed by atoms with Crippen molar-refractivity contribution in [3.63, 3.8) is 0 Å². The van der Waals surface area contributed by atoms with E-state index in [0.29, 0.717) is 5.02 Å². The van der Waals surface area contributed by atoms with Gasteiger partial charge in [-0.25, -0.2) is 0 Å². The third-order valence-corrected chi connectivity index (χ3v) is 2.07. The summed E-state index contributed by atoms with van der Waals surface area (Å²) in [5.41, 5.74) is 0.289. The highest BCUT2D eigenvalue weighted by atomic mass is 35.5. The van der Waals surface area contributed by atoms with E-state index in [0.717, 1.165) is 0 Å². The van der Waals surface area contributed by atoms with Crippen LogP contribution in [0.5, 0.6) is 0 Å². The molecule has 0 bridgehead atoms. The molecule has 0 atom stereocenters. The third kappa shape index (κ3) is 2.09. The van der Waals surface area contributed by atoms with Gasteiger partial charge in [0, 0.05) is 6.20 Å². The van der Waals surface area contributed by atoms with Crippen LogP contribution in [-0.2, 0) is 11.2 Å². The SMILES string of the molecule is O=C(O)Cc1nccc(Cl)c1Cl. The van der Waals surface area contributed by atoms with E-state index in [1.165, 1.54) is 12.3 Å². The topological polar surface area (TPSA) is 50.2 Å². The number of halogens is 2. The van der Waals surface area contributed by atoms with Gasteiger partial charge < -0.3 is 5.11 Å². The first-order valence-electron chi connectivity index (χ1n) is 3.12. The molecule has 1 aromatic rings. The first-order chi connectivity index (χ1) is 5.61. The van der Waals surface area contributed by atoms with Crippen molar-refractivity contribution >= 4 is 29.2 Å². The zero-order chi connectivity index (χ0) is 9.14. The molecule has 1 rings (SSSR count). The Balaban J connectivity index is 3.00. The molecule has 1 aromatic heterocycles. The molecule has 0 amide bonds. The molecule has 64 valence electrons. The Morgan fingerprint density at radius 3 is 2.83 bits per heavy atom. The summed E-state index contributed by atoms with van der Waals surface area (Å²) in [6.45, 7) is 0. The summed E-state index contributed by atoms with van der Waals surface area (Å²) in [6.07, 6.45) is 1.21. The number of rotatable bonds is 2. The zero-order valence-corrected chi connectivity index (χ0v) is 7.43. The van der Waals surface area contributed by atoms with Crippen molar-refractivity contribution in [3.05, 3.63) is 28.0 Å². The van der Waals surface area contributed by atoms with E-state index in [4.69, 9.17) is 28.3 Å². The predicted molar refractivity (Wildman–Crippen MR) is 45.6 cm³/mol. The van der Waals surface area contributed by atoms with Gasteiger partial charge in [0.25, 0.3) is 0 Å². The standard InChI is InChI=1S/C7H5Cl2NO2/c8-4-1-2-10-5(7(4)9)3-6(11)12/h1-2H,3H2,(H,11,12). The second-order valence-corrected chi connectivity index (χ2v) is 2.91. The van der Waals surface area contributed by atoms with Gasteiger partial charge in [0.2, 0.25) is 0 Å². The van der Waals surface area contributed by atoms with Crippen LogP contribution < -0.4 is 0 Å². The van der Waals surface area contributed by atoms with Gasteiger partial charge >= 0.3 is 5.97 Å². The molecule has 0 spiro atoms. The van der Waals surface area contributed by atoms with E-state index < -0.39 is 5.97 Å². The molecule has 0 saturated carbocycles. The van der Waals surface area contributed by atoms with E-state index >= 15 is 0 Å². The maximum atomic E-state index is 10.3. The van der Waals surface area contributed by atoms with Crippen LogP contribution in [0.3, 0.4) is 0 Å². The number of aromatic nitrogens is 1. The van der Waals surface area contributed by atoms with E-state index in [2.05, 4.69) is 4.98 Å². The molecule has 1 N–H and O–H groups in total. The molecule has 12 heavy (non-hydrogen) atoms. The molecule has 0 aliphatic carbocycles. The van der Waals surface area contributed by atoms with E-state index in [9.17, 15) is 4.79 Å². The summed E-state index contributed by atoms with van der Waals surface area (Å²) in [5.74, 6) is -0.980. The van der Waals surface area contributed by atoms with Crippen molar-refractivity contribution in [2.75, 3.05) is 0 Å². The molecule has 5 heteroatoms. The van der Waals surface area contributed by atoms with Gasteiger partial charge in [-0.2, -0.15) is 0 Å². The second-order valence-electron chi connectivity index (χ2n) is 2.12. The van der Waals surface area contributed by atoms with Gasteiger partial charge in [-0.05, 0) is 6.07 Å². The lowest BCUT2D eigenvalue weighted by Crippen LogP contribution is -2.02. The third-order valence-electron chi connectivity index (χ3n) is 1.23. The first-order valence-corrected chi connectivity index (χ1v) is 3.87. The minimum Gasteiger partial charge on any atom is -0.481 e. The van der Waals surface area contributed by atoms with Crippen LogP contribution in [0.25, 0.3) is 0 Å².